The van der Waals surface area contributed by atoms with Crippen LogP contribution in [0.5, 0.6) is 0 Å². The first-order valence-electron chi connectivity index (χ1n) is 8.64. The molecule has 1 unspecified atom stereocenters. The molecule has 0 aromatic heterocycles. The van der Waals surface area contributed by atoms with E-state index in [0.717, 1.165) is 19.6 Å². The van der Waals surface area contributed by atoms with Crippen molar-refractivity contribution in [1.29, 1.82) is 0 Å². The summed E-state index contributed by atoms with van der Waals surface area (Å²) in [6.45, 7) is 8.11. The Labute approximate surface area is 129 Å². The fourth-order valence-electron chi connectivity index (χ4n) is 3.63. The van der Waals surface area contributed by atoms with Gasteiger partial charge in [0.15, 0.2) is 0 Å². The second-order valence-corrected chi connectivity index (χ2v) is 6.56. The summed E-state index contributed by atoms with van der Waals surface area (Å²) in [6.07, 6.45) is 6.65. The standard InChI is InChI=1S/C18H29N3/c1-15(21-11-3-2-4-12-21)13-19-14-17-8-5-7-16-9-6-10-20-18(16)17/h5,7-8,15,19-20H,2-4,6,9-14H2,1H3. The molecule has 3 nitrogen and oxygen atoms in total. The molecule has 0 radical (unpaired) electrons. The summed E-state index contributed by atoms with van der Waals surface area (Å²) in [5.74, 6) is 0. The van der Waals surface area contributed by atoms with Crippen LogP contribution < -0.4 is 10.6 Å². The first-order chi connectivity index (χ1) is 10.3. The molecule has 0 aliphatic carbocycles. The average Bonchev–Trinajstić information content (AvgIpc) is 2.56. The number of hydrogen-bond acceptors (Lipinski definition) is 3. The topological polar surface area (TPSA) is 27.3 Å². The van der Waals surface area contributed by atoms with E-state index in [0.29, 0.717) is 6.04 Å². The molecule has 1 aromatic rings. The third-order valence-electron chi connectivity index (χ3n) is 4.93. The minimum Gasteiger partial charge on any atom is -0.385 e. The van der Waals surface area contributed by atoms with Crippen LogP contribution in [0, 0.1) is 0 Å². The number of hydrogen-bond donors (Lipinski definition) is 2. The number of fused-ring (bicyclic) bond motifs is 1. The molecule has 3 heteroatoms. The van der Waals surface area contributed by atoms with Crippen molar-refractivity contribution in [1.82, 2.24) is 10.2 Å². The second kappa shape index (κ2) is 7.28. The van der Waals surface area contributed by atoms with E-state index in [1.165, 1.54) is 62.0 Å². The third-order valence-corrected chi connectivity index (χ3v) is 4.93. The molecule has 2 aliphatic heterocycles. The Bertz CT molecular complexity index is 452. The molecule has 1 aromatic carbocycles. The zero-order valence-corrected chi connectivity index (χ0v) is 13.3. The number of likely N-dealkylation sites (tertiary alicyclic amines) is 1. The maximum atomic E-state index is 3.67. The second-order valence-electron chi connectivity index (χ2n) is 6.56. The van der Waals surface area contributed by atoms with Crippen molar-refractivity contribution in [3.8, 4) is 0 Å². The van der Waals surface area contributed by atoms with E-state index in [-0.39, 0.29) is 0 Å². The van der Waals surface area contributed by atoms with Gasteiger partial charge in [0, 0.05) is 31.4 Å². The first kappa shape index (κ1) is 14.9. The molecule has 3 rings (SSSR count). The number of piperidine rings is 1. The number of benzene rings is 1. The molecule has 2 aliphatic rings. The predicted molar refractivity (Wildman–Crippen MR) is 89.8 cm³/mol. The highest BCUT2D eigenvalue weighted by Gasteiger charge is 2.16. The third kappa shape index (κ3) is 3.78. The van der Waals surface area contributed by atoms with Gasteiger partial charge < -0.3 is 10.6 Å². The molecular weight excluding hydrogens is 258 g/mol. The Morgan fingerprint density at radius 3 is 2.90 bits per heavy atom. The Balaban J connectivity index is 1.51. The summed E-state index contributed by atoms with van der Waals surface area (Å²) >= 11 is 0. The van der Waals surface area contributed by atoms with Crippen molar-refractivity contribution in [2.75, 3.05) is 31.5 Å². The highest BCUT2D eigenvalue weighted by Crippen LogP contribution is 2.25. The highest BCUT2D eigenvalue weighted by atomic mass is 15.2. The van der Waals surface area contributed by atoms with Crippen molar-refractivity contribution >= 4 is 5.69 Å². The fourth-order valence-corrected chi connectivity index (χ4v) is 3.63. The quantitative estimate of drug-likeness (QED) is 0.872. The first-order valence-corrected chi connectivity index (χ1v) is 8.64. The van der Waals surface area contributed by atoms with Crippen LogP contribution in [0.2, 0.25) is 0 Å². The fraction of sp³-hybridized carbons (Fsp3) is 0.667. The van der Waals surface area contributed by atoms with Gasteiger partial charge in [-0.2, -0.15) is 0 Å². The summed E-state index contributed by atoms with van der Waals surface area (Å²) in [7, 11) is 0. The van der Waals surface area contributed by atoms with Gasteiger partial charge in [-0.25, -0.2) is 0 Å². The molecular formula is C18H29N3. The molecule has 0 amide bonds. The zero-order chi connectivity index (χ0) is 14.5. The lowest BCUT2D eigenvalue weighted by Crippen LogP contribution is -2.43. The minimum absolute atomic E-state index is 0.651. The van der Waals surface area contributed by atoms with Crippen LogP contribution >= 0.6 is 0 Å². The van der Waals surface area contributed by atoms with E-state index in [9.17, 15) is 0 Å². The number of nitrogens with one attached hydrogen (secondary N) is 2. The van der Waals surface area contributed by atoms with E-state index >= 15 is 0 Å². The van der Waals surface area contributed by atoms with E-state index in [2.05, 4.69) is 40.7 Å². The molecule has 2 heterocycles. The Hall–Kier alpha value is -1.06. The lowest BCUT2D eigenvalue weighted by Gasteiger charge is -2.32. The van der Waals surface area contributed by atoms with Gasteiger partial charge in [0.25, 0.3) is 0 Å². The molecule has 1 atom stereocenters. The number of rotatable bonds is 5. The monoisotopic (exact) mass is 287 g/mol. The van der Waals surface area contributed by atoms with E-state index in [1.807, 2.05) is 0 Å². The van der Waals surface area contributed by atoms with Crippen molar-refractivity contribution in [2.24, 2.45) is 0 Å². The van der Waals surface area contributed by atoms with Crippen LogP contribution in [0.4, 0.5) is 5.69 Å². The van der Waals surface area contributed by atoms with Crippen molar-refractivity contribution in [3.05, 3.63) is 29.3 Å². The van der Waals surface area contributed by atoms with Gasteiger partial charge in [0.05, 0.1) is 0 Å². The molecule has 1 fully saturated rings. The smallest absolute Gasteiger partial charge is 0.0418 e. The number of aryl methyl sites for hydroxylation is 1. The molecule has 0 saturated carbocycles. The van der Waals surface area contributed by atoms with E-state index in [4.69, 9.17) is 0 Å². The summed E-state index contributed by atoms with van der Waals surface area (Å²) in [5.41, 5.74) is 4.31. The summed E-state index contributed by atoms with van der Waals surface area (Å²) in [6, 6.07) is 7.38. The maximum Gasteiger partial charge on any atom is 0.0418 e. The van der Waals surface area contributed by atoms with Crippen LogP contribution in [0.15, 0.2) is 18.2 Å². The normalized spacial score (nSPS) is 20.6. The molecule has 1 saturated heterocycles. The Morgan fingerprint density at radius 2 is 2.05 bits per heavy atom. The molecule has 116 valence electrons. The number of nitrogens with zero attached hydrogens (tertiary/aromatic N) is 1. The maximum absolute atomic E-state index is 3.67. The summed E-state index contributed by atoms with van der Waals surface area (Å²) in [4.78, 5) is 2.63. The Kier molecular flexibility index (Phi) is 5.15. The average molecular weight is 287 g/mol. The molecule has 0 bridgehead atoms. The molecule has 2 N–H and O–H groups in total. The number of anilines is 1. The van der Waals surface area contributed by atoms with Crippen molar-refractivity contribution in [3.63, 3.8) is 0 Å². The summed E-state index contributed by atoms with van der Waals surface area (Å²) < 4.78 is 0. The predicted octanol–water partition coefficient (Wildman–Crippen LogP) is 3.01. The Morgan fingerprint density at radius 1 is 1.19 bits per heavy atom. The van der Waals surface area contributed by atoms with Crippen molar-refractivity contribution in [2.45, 2.75) is 51.6 Å². The van der Waals surface area contributed by atoms with E-state index in [1.54, 1.807) is 0 Å². The van der Waals surface area contributed by atoms with Gasteiger partial charge in [-0.15, -0.1) is 0 Å². The van der Waals surface area contributed by atoms with Gasteiger partial charge in [-0.3, -0.25) is 4.90 Å². The van der Waals surface area contributed by atoms with Crippen LogP contribution in [-0.2, 0) is 13.0 Å². The van der Waals surface area contributed by atoms with Crippen LogP contribution in [0.3, 0.4) is 0 Å². The van der Waals surface area contributed by atoms with Gasteiger partial charge >= 0.3 is 0 Å². The van der Waals surface area contributed by atoms with Crippen LogP contribution in [0.25, 0.3) is 0 Å². The lowest BCUT2D eigenvalue weighted by molar-refractivity contribution is 0.170. The minimum atomic E-state index is 0.651. The zero-order valence-electron chi connectivity index (χ0n) is 13.3. The van der Waals surface area contributed by atoms with Crippen molar-refractivity contribution < 1.29 is 0 Å². The lowest BCUT2D eigenvalue weighted by atomic mass is 9.99. The van der Waals surface area contributed by atoms with E-state index < -0.39 is 0 Å². The van der Waals surface area contributed by atoms with Gasteiger partial charge in [-0.05, 0) is 56.8 Å². The molecule has 21 heavy (non-hydrogen) atoms. The SMILES string of the molecule is CC(CNCc1cccc2c1NCCC2)N1CCCCC1. The van der Waals surface area contributed by atoms with Gasteiger partial charge in [0.2, 0.25) is 0 Å². The van der Waals surface area contributed by atoms with Crippen LogP contribution in [0.1, 0.15) is 43.7 Å². The number of para-hydroxylation sites is 1. The van der Waals surface area contributed by atoms with Gasteiger partial charge in [-0.1, -0.05) is 24.6 Å². The van der Waals surface area contributed by atoms with Crippen LogP contribution in [-0.4, -0.2) is 37.1 Å². The summed E-state index contributed by atoms with van der Waals surface area (Å²) in [5, 5.41) is 7.25. The largest absolute Gasteiger partial charge is 0.385 e. The highest BCUT2D eigenvalue weighted by molar-refractivity contribution is 5.59. The molecule has 0 spiro atoms. The van der Waals surface area contributed by atoms with Gasteiger partial charge in [0.1, 0.15) is 0 Å².